The zero-order valence-corrected chi connectivity index (χ0v) is 18.8. The lowest BCUT2D eigenvalue weighted by Crippen LogP contribution is -2.49. The van der Waals surface area contributed by atoms with Crippen LogP contribution in [0.25, 0.3) is 6.08 Å². The van der Waals surface area contributed by atoms with E-state index in [0.29, 0.717) is 28.5 Å². The minimum absolute atomic E-state index is 0.125. The van der Waals surface area contributed by atoms with Crippen LogP contribution in [0, 0.1) is 23.7 Å². The molecule has 4 aliphatic carbocycles. The number of hydrogen-bond donors (Lipinski definition) is 0. The molecule has 0 aliphatic heterocycles. The number of benzene rings is 2. The average molecular weight is 436 g/mol. The van der Waals surface area contributed by atoms with Crippen molar-refractivity contribution in [2.24, 2.45) is 23.7 Å². The van der Waals surface area contributed by atoms with E-state index < -0.39 is 13.3 Å². The molecule has 2 aromatic rings. The van der Waals surface area contributed by atoms with Crippen LogP contribution in [0.4, 0.5) is 0 Å². The molecule has 5 heteroatoms. The Bertz CT molecular complexity index is 996. The fourth-order valence-corrected chi connectivity index (χ4v) is 7.67. The topological polar surface area (TPSA) is 52.6 Å². The summed E-state index contributed by atoms with van der Waals surface area (Å²) in [6.45, 7) is 5.43. The molecule has 0 amide bonds. The molecule has 0 radical (unpaired) electrons. The summed E-state index contributed by atoms with van der Waals surface area (Å²) in [7, 11) is -2.94. The Balaban J connectivity index is 1.25. The normalized spacial score (nSPS) is 30.5. The van der Waals surface area contributed by atoms with E-state index in [-0.39, 0.29) is 6.10 Å². The molecule has 2 aromatic carbocycles. The number of rotatable bonds is 6. The molecule has 4 nitrogen and oxygen atoms in total. The summed E-state index contributed by atoms with van der Waals surface area (Å²) >= 11 is 0. The molecular formula is C26H29O4P. The van der Waals surface area contributed by atoms with Gasteiger partial charge < -0.3 is 9.26 Å². The van der Waals surface area contributed by atoms with Crippen molar-refractivity contribution in [3.63, 3.8) is 0 Å². The first kappa shape index (κ1) is 20.7. The van der Waals surface area contributed by atoms with Gasteiger partial charge in [0.05, 0.1) is 11.7 Å². The van der Waals surface area contributed by atoms with Crippen molar-refractivity contribution in [1.82, 2.24) is 0 Å². The van der Waals surface area contributed by atoms with Crippen LogP contribution in [-0.4, -0.2) is 18.7 Å². The minimum atomic E-state index is -2.94. The Kier molecular flexibility index (Phi) is 5.40. The highest BCUT2D eigenvalue weighted by molar-refractivity contribution is 7.66. The summed E-state index contributed by atoms with van der Waals surface area (Å²) in [5.41, 5.74) is 1.42. The number of esters is 1. The molecule has 0 N–H and O–H groups in total. The summed E-state index contributed by atoms with van der Waals surface area (Å²) in [4.78, 5) is 12.4. The summed E-state index contributed by atoms with van der Waals surface area (Å²) in [5, 5.41) is 0.677. The van der Waals surface area contributed by atoms with Crippen LogP contribution in [0.3, 0.4) is 0 Å². The molecule has 31 heavy (non-hydrogen) atoms. The monoisotopic (exact) mass is 436 g/mol. The smallest absolute Gasteiger partial charge is 0.343 e. The maximum atomic E-state index is 13.5. The lowest BCUT2D eigenvalue weighted by molar-refractivity contribution is -0.0770. The van der Waals surface area contributed by atoms with Crippen molar-refractivity contribution in [3.8, 4) is 5.75 Å². The van der Waals surface area contributed by atoms with E-state index in [1.54, 1.807) is 49.1 Å². The molecule has 4 bridgehead atoms. The second kappa shape index (κ2) is 8.07. The zero-order valence-electron chi connectivity index (χ0n) is 17.9. The van der Waals surface area contributed by atoms with Gasteiger partial charge in [-0.1, -0.05) is 24.8 Å². The Hall–Kier alpha value is -2.16. The van der Waals surface area contributed by atoms with Crippen molar-refractivity contribution in [1.29, 1.82) is 0 Å². The molecular weight excluding hydrogens is 407 g/mol. The third-order valence-corrected chi connectivity index (χ3v) is 9.24. The fraction of sp³-hybridized carbons (Fsp3) is 0.423. The van der Waals surface area contributed by atoms with E-state index in [9.17, 15) is 9.36 Å². The van der Waals surface area contributed by atoms with Crippen LogP contribution in [0.2, 0.25) is 0 Å². The van der Waals surface area contributed by atoms with Gasteiger partial charge in [0, 0.05) is 12.0 Å². The molecule has 1 unspecified atom stereocenters. The van der Waals surface area contributed by atoms with Gasteiger partial charge in [0.25, 0.3) is 0 Å². The first-order valence-electron chi connectivity index (χ1n) is 11.2. The second-order valence-corrected chi connectivity index (χ2v) is 12.0. The van der Waals surface area contributed by atoms with E-state index in [2.05, 4.69) is 6.58 Å². The summed E-state index contributed by atoms with van der Waals surface area (Å²) in [6.07, 6.45) is 8.19. The van der Waals surface area contributed by atoms with Gasteiger partial charge in [-0.25, -0.2) is 4.79 Å². The van der Waals surface area contributed by atoms with E-state index in [1.807, 2.05) is 12.1 Å². The third-order valence-electron chi connectivity index (χ3n) is 7.36. The highest BCUT2D eigenvalue weighted by Gasteiger charge is 2.50. The molecule has 162 valence electrons. The highest BCUT2D eigenvalue weighted by atomic mass is 31.2. The summed E-state index contributed by atoms with van der Waals surface area (Å²) < 4.78 is 25.3. The van der Waals surface area contributed by atoms with Crippen molar-refractivity contribution < 1.29 is 18.6 Å². The van der Waals surface area contributed by atoms with Crippen molar-refractivity contribution in [2.45, 2.75) is 38.2 Å². The quantitative estimate of drug-likeness (QED) is 0.320. The minimum Gasteiger partial charge on any atom is -0.423 e. The predicted molar refractivity (Wildman–Crippen MR) is 123 cm³/mol. The van der Waals surface area contributed by atoms with Gasteiger partial charge in [0.15, 0.2) is 0 Å². The number of carbonyl (C=O) groups excluding carboxylic acids is 1. The molecule has 0 heterocycles. The van der Waals surface area contributed by atoms with E-state index in [4.69, 9.17) is 9.26 Å². The van der Waals surface area contributed by atoms with Crippen LogP contribution >= 0.6 is 7.37 Å². The Morgan fingerprint density at radius 1 is 0.935 bits per heavy atom. The van der Waals surface area contributed by atoms with E-state index >= 15 is 0 Å². The third kappa shape index (κ3) is 4.16. The van der Waals surface area contributed by atoms with Crippen LogP contribution in [-0.2, 0) is 9.09 Å². The fourth-order valence-electron chi connectivity index (χ4n) is 6.05. The first-order chi connectivity index (χ1) is 14.9. The molecule has 0 spiro atoms. The average Bonchev–Trinajstić information content (AvgIpc) is 2.76. The predicted octanol–water partition coefficient (Wildman–Crippen LogP) is 5.92. The van der Waals surface area contributed by atoms with Gasteiger partial charge >= 0.3 is 5.97 Å². The molecule has 4 fully saturated rings. The molecule has 0 aromatic heterocycles. The van der Waals surface area contributed by atoms with Crippen molar-refractivity contribution in [3.05, 3.63) is 66.2 Å². The Labute approximate surface area is 184 Å². The van der Waals surface area contributed by atoms with Crippen molar-refractivity contribution >= 4 is 24.7 Å². The highest BCUT2D eigenvalue weighted by Crippen LogP contribution is 2.58. The van der Waals surface area contributed by atoms with Gasteiger partial charge in [-0.05, 0) is 97.7 Å². The maximum absolute atomic E-state index is 13.5. The summed E-state index contributed by atoms with van der Waals surface area (Å²) in [6, 6.07) is 14.0. The van der Waals surface area contributed by atoms with Gasteiger partial charge in [-0.2, -0.15) is 0 Å². The molecule has 4 aliphatic rings. The van der Waals surface area contributed by atoms with Gasteiger partial charge in [-0.15, -0.1) is 0 Å². The van der Waals surface area contributed by atoms with Crippen molar-refractivity contribution in [2.75, 3.05) is 6.66 Å². The van der Waals surface area contributed by atoms with E-state index in [1.165, 1.54) is 32.1 Å². The molecule has 0 saturated heterocycles. The SMILES string of the molecule is C=Cc1ccc(C(=O)Oc2ccc(P(C)(=O)OC3C4CC5CC(C4)CC3C5)cc2)cc1. The number of ether oxygens (including phenoxy) is 1. The second-order valence-electron chi connectivity index (χ2n) is 9.56. The lowest BCUT2D eigenvalue weighted by Gasteiger charge is -2.54. The zero-order chi connectivity index (χ0) is 21.6. The van der Waals surface area contributed by atoms with Crippen LogP contribution in [0.5, 0.6) is 5.75 Å². The van der Waals surface area contributed by atoms with E-state index in [0.717, 1.165) is 17.4 Å². The van der Waals surface area contributed by atoms with Crippen LogP contribution < -0.4 is 10.0 Å². The molecule has 4 saturated carbocycles. The van der Waals surface area contributed by atoms with Crippen LogP contribution in [0.15, 0.2) is 55.1 Å². The van der Waals surface area contributed by atoms with Gasteiger partial charge in [0.1, 0.15) is 5.75 Å². The van der Waals surface area contributed by atoms with Gasteiger partial charge in [-0.3, -0.25) is 4.57 Å². The maximum Gasteiger partial charge on any atom is 0.343 e. The number of hydrogen-bond acceptors (Lipinski definition) is 4. The Morgan fingerprint density at radius 3 is 2.06 bits per heavy atom. The first-order valence-corrected chi connectivity index (χ1v) is 13.3. The lowest BCUT2D eigenvalue weighted by atomic mass is 9.55. The molecule has 1 atom stereocenters. The van der Waals surface area contributed by atoms with Crippen LogP contribution in [0.1, 0.15) is 48.0 Å². The number of carbonyl (C=O) groups is 1. The van der Waals surface area contributed by atoms with Gasteiger partial charge in [0.2, 0.25) is 7.37 Å². The molecule has 6 rings (SSSR count). The summed E-state index contributed by atoms with van der Waals surface area (Å²) in [5.74, 6) is 2.86. The Morgan fingerprint density at radius 2 is 1.52 bits per heavy atom. The standard InChI is InChI=1S/C26H29O4P/c1-3-17-4-6-20(7-5-17)26(27)29-23-8-10-24(11-9-23)31(2,28)30-25-21-13-18-12-19(15-21)16-22(25)14-18/h3-11,18-19,21-22,25H,1,12-16H2,2H3. The largest absolute Gasteiger partial charge is 0.423 e.